The zero-order valence-electron chi connectivity index (χ0n) is 13.6. The molecule has 0 fully saturated rings. The Morgan fingerprint density at radius 3 is 2.96 bits per heavy atom. The fraction of sp³-hybridized carbons (Fsp3) is 0.235. The molecule has 0 radical (unpaired) electrons. The Morgan fingerprint density at radius 1 is 1.44 bits per heavy atom. The quantitative estimate of drug-likeness (QED) is 0.705. The summed E-state index contributed by atoms with van der Waals surface area (Å²) < 4.78 is 15.0. The lowest BCUT2D eigenvalue weighted by Gasteiger charge is -2.16. The van der Waals surface area contributed by atoms with E-state index in [2.05, 4.69) is 15.4 Å². The third kappa shape index (κ3) is 4.09. The lowest BCUT2D eigenvalue weighted by atomic mass is 10.1. The number of benzene rings is 1. The number of aryl methyl sites for hydroxylation is 1. The number of hydrogen-bond acceptors (Lipinski definition) is 5. The number of amides is 1. The van der Waals surface area contributed by atoms with E-state index >= 15 is 0 Å². The first-order chi connectivity index (χ1) is 12.1. The number of hydrogen-bond donors (Lipinski definition) is 2. The van der Waals surface area contributed by atoms with Gasteiger partial charge in [0.05, 0.1) is 10.6 Å². The monoisotopic (exact) mass is 359 g/mol. The van der Waals surface area contributed by atoms with Crippen LogP contribution in [0.15, 0.2) is 42.7 Å². The second kappa shape index (κ2) is 7.54. The van der Waals surface area contributed by atoms with E-state index < -0.39 is 0 Å². The van der Waals surface area contributed by atoms with E-state index in [4.69, 9.17) is 5.73 Å². The van der Waals surface area contributed by atoms with Crippen LogP contribution in [0.3, 0.4) is 0 Å². The Labute approximate surface area is 148 Å². The summed E-state index contributed by atoms with van der Waals surface area (Å²) in [5, 5.41) is 7.33. The number of carbonyl (C=O) groups excluding carboxylic acids is 1. The molecule has 1 atom stereocenters. The number of carbonyl (C=O) groups is 1. The van der Waals surface area contributed by atoms with E-state index in [1.165, 1.54) is 23.5 Å². The third-order valence-corrected chi connectivity index (χ3v) is 4.78. The molecule has 0 saturated heterocycles. The number of nitrogens with one attached hydrogen (secondary N) is 1. The maximum atomic E-state index is 13.3. The van der Waals surface area contributed by atoms with Gasteiger partial charge in [0.2, 0.25) is 0 Å². The van der Waals surface area contributed by atoms with Crippen LogP contribution in [0.4, 0.5) is 4.39 Å². The number of halogens is 1. The summed E-state index contributed by atoms with van der Waals surface area (Å²) >= 11 is 1.29. The van der Waals surface area contributed by atoms with Crippen LogP contribution in [-0.2, 0) is 13.5 Å². The van der Waals surface area contributed by atoms with Crippen LogP contribution in [0.25, 0.3) is 10.6 Å². The SMILES string of the molecule is Cn1nccc1-c1cnc(C(=O)N[C@H](CN)Cc2cccc(F)c2)s1. The molecular weight excluding hydrogens is 341 g/mol. The highest BCUT2D eigenvalue weighted by atomic mass is 32.1. The third-order valence-electron chi connectivity index (χ3n) is 3.76. The van der Waals surface area contributed by atoms with Crippen molar-refractivity contribution in [1.29, 1.82) is 0 Å². The Hall–Kier alpha value is -2.58. The molecule has 1 amide bonds. The van der Waals surface area contributed by atoms with Gasteiger partial charge in [-0.05, 0) is 30.2 Å². The summed E-state index contributed by atoms with van der Waals surface area (Å²) in [7, 11) is 1.83. The molecule has 0 unspecified atom stereocenters. The number of nitrogens with zero attached hydrogens (tertiary/aromatic N) is 3. The zero-order valence-corrected chi connectivity index (χ0v) is 14.5. The standard InChI is InChI=1S/C17H18FN5OS/c1-23-14(5-6-21-23)15-10-20-17(25-15)16(24)22-13(9-19)8-11-3-2-4-12(18)7-11/h2-7,10,13H,8-9,19H2,1H3,(H,22,24)/t13-/m0/s1. The molecule has 0 aliphatic rings. The Morgan fingerprint density at radius 2 is 2.28 bits per heavy atom. The molecule has 1 aromatic carbocycles. The number of rotatable bonds is 6. The van der Waals surface area contributed by atoms with Crippen molar-refractivity contribution in [2.24, 2.45) is 12.8 Å². The van der Waals surface area contributed by atoms with Crippen molar-refractivity contribution in [2.75, 3.05) is 6.54 Å². The van der Waals surface area contributed by atoms with Gasteiger partial charge in [0.25, 0.3) is 5.91 Å². The van der Waals surface area contributed by atoms with Crippen molar-refractivity contribution in [3.05, 3.63) is 59.1 Å². The van der Waals surface area contributed by atoms with E-state index in [9.17, 15) is 9.18 Å². The average Bonchev–Trinajstić information content (AvgIpc) is 3.22. The molecule has 130 valence electrons. The fourth-order valence-electron chi connectivity index (χ4n) is 2.50. The smallest absolute Gasteiger partial charge is 0.280 e. The molecule has 0 aliphatic heterocycles. The summed E-state index contributed by atoms with van der Waals surface area (Å²) in [4.78, 5) is 17.5. The summed E-state index contributed by atoms with van der Waals surface area (Å²) in [6, 6.07) is 7.84. The molecule has 0 spiro atoms. The molecule has 6 nitrogen and oxygen atoms in total. The molecule has 3 rings (SSSR count). The minimum Gasteiger partial charge on any atom is -0.346 e. The molecule has 3 aromatic rings. The van der Waals surface area contributed by atoms with Gasteiger partial charge in [0.1, 0.15) is 5.82 Å². The van der Waals surface area contributed by atoms with Crippen LogP contribution in [-0.4, -0.2) is 33.3 Å². The van der Waals surface area contributed by atoms with Gasteiger partial charge < -0.3 is 11.1 Å². The van der Waals surface area contributed by atoms with E-state index in [0.717, 1.165) is 16.1 Å². The van der Waals surface area contributed by atoms with Gasteiger partial charge in [-0.3, -0.25) is 9.48 Å². The Bertz CT molecular complexity index is 875. The minimum absolute atomic E-state index is 0.252. The van der Waals surface area contributed by atoms with Gasteiger partial charge in [-0.15, -0.1) is 11.3 Å². The summed E-state index contributed by atoms with van der Waals surface area (Å²) in [5.74, 6) is -0.592. The molecule has 8 heteroatoms. The van der Waals surface area contributed by atoms with Crippen LogP contribution in [0.2, 0.25) is 0 Å². The van der Waals surface area contributed by atoms with E-state index in [1.807, 2.05) is 19.2 Å². The Balaban J connectivity index is 1.68. The van der Waals surface area contributed by atoms with Gasteiger partial charge >= 0.3 is 0 Å². The van der Waals surface area contributed by atoms with Crippen molar-refractivity contribution in [3.8, 4) is 10.6 Å². The van der Waals surface area contributed by atoms with Gasteiger partial charge in [-0.2, -0.15) is 5.10 Å². The molecule has 0 bridgehead atoms. The minimum atomic E-state index is -0.305. The predicted octanol–water partition coefficient (Wildman–Crippen LogP) is 1.98. The second-order valence-electron chi connectivity index (χ2n) is 5.61. The highest BCUT2D eigenvalue weighted by Gasteiger charge is 2.17. The van der Waals surface area contributed by atoms with E-state index in [-0.39, 0.29) is 24.3 Å². The van der Waals surface area contributed by atoms with Crippen molar-refractivity contribution >= 4 is 17.2 Å². The number of nitrogens with two attached hydrogens (primary N) is 1. The average molecular weight is 359 g/mol. The van der Waals surface area contributed by atoms with Crippen LogP contribution in [0, 0.1) is 5.82 Å². The van der Waals surface area contributed by atoms with Crippen LogP contribution < -0.4 is 11.1 Å². The molecule has 0 aliphatic carbocycles. The zero-order chi connectivity index (χ0) is 17.8. The Kier molecular flexibility index (Phi) is 5.20. The molecule has 3 N–H and O–H groups in total. The van der Waals surface area contributed by atoms with Gasteiger partial charge in [0.15, 0.2) is 5.01 Å². The number of thiazole rings is 1. The van der Waals surface area contributed by atoms with Crippen molar-refractivity contribution < 1.29 is 9.18 Å². The molecule has 0 saturated carbocycles. The van der Waals surface area contributed by atoms with Crippen LogP contribution >= 0.6 is 11.3 Å². The summed E-state index contributed by atoms with van der Waals surface area (Å²) in [6.45, 7) is 0.252. The normalized spacial score (nSPS) is 12.1. The summed E-state index contributed by atoms with van der Waals surface area (Å²) in [5.41, 5.74) is 7.43. The second-order valence-corrected chi connectivity index (χ2v) is 6.64. The van der Waals surface area contributed by atoms with Gasteiger partial charge in [-0.1, -0.05) is 12.1 Å². The first-order valence-electron chi connectivity index (χ1n) is 7.76. The highest BCUT2D eigenvalue weighted by Crippen LogP contribution is 2.25. The van der Waals surface area contributed by atoms with E-state index in [0.29, 0.717) is 11.4 Å². The summed E-state index contributed by atoms with van der Waals surface area (Å²) in [6.07, 6.45) is 3.80. The van der Waals surface area contributed by atoms with Crippen molar-refractivity contribution in [3.63, 3.8) is 0 Å². The highest BCUT2D eigenvalue weighted by molar-refractivity contribution is 7.16. The van der Waals surface area contributed by atoms with Crippen LogP contribution in [0.1, 0.15) is 15.4 Å². The lowest BCUT2D eigenvalue weighted by molar-refractivity contribution is 0.0937. The first kappa shape index (κ1) is 17.2. The topological polar surface area (TPSA) is 85.8 Å². The largest absolute Gasteiger partial charge is 0.346 e. The molecule has 2 aromatic heterocycles. The van der Waals surface area contributed by atoms with Crippen LogP contribution in [0.5, 0.6) is 0 Å². The molecular formula is C17H18FN5OS. The van der Waals surface area contributed by atoms with E-state index in [1.54, 1.807) is 23.1 Å². The molecule has 2 heterocycles. The van der Waals surface area contributed by atoms with Gasteiger partial charge in [-0.25, -0.2) is 9.37 Å². The number of aromatic nitrogens is 3. The molecule has 25 heavy (non-hydrogen) atoms. The lowest BCUT2D eigenvalue weighted by Crippen LogP contribution is -2.41. The van der Waals surface area contributed by atoms with Gasteiger partial charge in [0, 0.05) is 32.0 Å². The van der Waals surface area contributed by atoms with Crippen molar-refractivity contribution in [1.82, 2.24) is 20.1 Å². The maximum Gasteiger partial charge on any atom is 0.280 e. The maximum absolute atomic E-state index is 13.3. The first-order valence-corrected chi connectivity index (χ1v) is 8.58. The fourth-order valence-corrected chi connectivity index (χ4v) is 3.38. The predicted molar refractivity (Wildman–Crippen MR) is 94.7 cm³/mol. The van der Waals surface area contributed by atoms with Crippen molar-refractivity contribution in [2.45, 2.75) is 12.5 Å².